The summed E-state index contributed by atoms with van der Waals surface area (Å²) < 4.78 is 12.6. The third-order valence-electron chi connectivity index (χ3n) is 7.45. The van der Waals surface area contributed by atoms with Gasteiger partial charge in [0.2, 0.25) is 11.8 Å². The lowest BCUT2D eigenvalue weighted by Gasteiger charge is -2.21. The number of nitrogens with zero attached hydrogens (tertiary/aromatic N) is 2. The summed E-state index contributed by atoms with van der Waals surface area (Å²) in [6.07, 6.45) is 22.1. The molecule has 2 aliphatic rings. The predicted octanol–water partition coefficient (Wildman–Crippen LogP) is 8.15. The van der Waals surface area contributed by atoms with Gasteiger partial charge in [0.25, 0.3) is 0 Å². The van der Waals surface area contributed by atoms with E-state index in [0.717, 1.165) is 74.5 Å². The van der Waals surface area contributed by atoms with Crippen LogP contribution in [0.1, 0.15) is 99.3 Å². The largest absolute Gasteiger partial charge is 0.477 e. The Morgan fingerprint density at radius 3 is 1.44 bits per heavy atom. The number of hydrogen-bond acceptors (Lipinski definition) is 4. The second-order valence-corrected chi connectivity index (χ2v) is 10.3. The van der Waals surface area contributed by atoms with Gasteiger partial charge in [0.15, 0.2) is 0 Å². The number of aryl methyl sites for hydroxylation is 2. The fraction of sp³-hybridized carbons (Fsp3) is 0.562. The Labute approximate surface area is 218 Å². The molecule has 0 aliphatic heterocycles. The highest BCUT2D eigenvalue weighted by Gasteiger charge is 2.21. The van der Waals surface area contributed by atoms with E-state index in [0.29, 0.717) is 13.2 Å². The molecule has 2 aromatic rings. The summed E-state index contributed by atoms with van der Waals surface area (Å²) in [5, 5.41) is 0. The molecule has 0 atom stereocenters. The van der Waals surface area contributed by atoms with E-state index < -0.39 is 0 Å². The summed E-state index contributed by atoms with van der Waals surface area (Å²) in [6, 6.07) is 4.58. The molecule has 4 heteroatoms. The van der Waals surface area contributed by atoms with E-state index in [1.54, 1.807) is 0 Å². The Kier molecular flexibility index (Phi) is 10.4. The summed E-state index contributed by atoms with van der Waals surface area (Å²) in [5.74, 6) is 1.63. The van der Waals surface area contributed by atoms with Crippen molar-refractivity contribution < 1.29 is 9.47 Å². The summed E-state index contributed by atoms with van der Waals surface area (Å²) in [6.45, 7) is 9.03. The fourth-order valence-corrected chi connectivity index (χ4v) is 5.41. The van der Waals surface area contributed by atoms with Gasteiger partial charge in [0, 0.05) is 11.1 Å². The van der Waals surface area contributed by atoms with Crippen LogP contribution in [0.25, 0.3) is 11.4 Å². The van der Waals surface area contributed by atoms with Crippen LogP contribution in [0.3, 0.4) is 0 Å². The van der Waals surface area contributed by atoms with Gasteiger partial charge in [0.1, 0.15) is 0 Å². The van der Waals surface area contributed by atoms with Crippen molar-refractivity contribution in [1.29, 1.82) is 0 Å². The van der Waals surface area contributed by atoms with Crippen molar-refractivity contribution in [3.8, 4) is 23.1 Å². The lowest BCUT2D eigenvalue weighted by Crippen LogP contribution is -2.10. The summed E-state index contributed by atoms with van der Waals surface area (Å²) >= 11 is 0. The van der Waals surface area contributed by atoms with E-state index >= 15 is 0 Å². The molecule has 4 rings (SSSR count). The normalized spacial score (nSPS) is 15.9. The van der Waals surface area contributed by atoms with Gasteiger partial charge in [-0.15, -0.1) is 13.2 Å². The Morgan fingerprint density at radius 2 is 1.03 bits per heavy atom. The van der Waals surface area contributed by atoms with Crippen molar-refractivity contribution in [2.75, 3.05) is 13.2 Å². The van der Waals surface area contributed by atoms with E-state index in [1.165, 1.54) is 73.6 Å². The molecule has 4 nitrogen and oxygen atoms in total. The SMILES string of the molecule is C=CCCCOc1nc(-c2cc3c(c(OCCCC=C)n2)CCCCCC3)cc2c1CCCCCC2. The van der Waals surface area contributed by atoms with E-state index in [4.69, 9.17) is 19.4 Å². The van der Waals surface area contributed by atoms with E-state index in [2.05, 4.69) is 25.3 Å². The smallest absolute Gasteiger partial charge is 0.217 e. The molecule has 2 aromatic heterocycles. The number of aromatic nitrogens is 2. The quantitative estimate of drug-likeness (QED) is 0.236. The molecule has 0 unspecified atom stereocenters. The van der Waals surface area contributed by atoms with E-state index in [-0.39, 0.29) is 0 Å². The maximum Gasteiger partial charge on any atom is 0.217 e. The molecule has 0 saturated carbocycles. The van der Waals surface area contributed by atoms with Crippen molar-refractivity contribution in [1.82, 2.24) is 9.97 Å². The molecular formula is C32H44N2O2. The van der Waals surface area contributed by atoms with Crippen molar-refractivity contribution in [3.05, 3.63) is 59.7 Å². The van der Waals surface area contributed by atoms with Gasteiger partial charge >= 0.3 is 0 Å². The van der Waals surface area contributed by atoms with Gasteiger partial charge in [-0.25, -0.2) is 9.97 Å². The summed E-state index contributed by atoms with van der Waals surface area (Å²) in [4.78, 5) is 10.2. The van der Waals surface area contributed by atoms with Crippen LogP contribution in [-0.2, 0) is 25.7 Å². The Balaban J connectivity index is 1.72. The second-order valence-electron chi connectivity index (χ2n) is 10.3. The number of unbranched alkanes of at least 4 members (excludes halogenated alkanes) is 2. The summed E-state index contributed by atoms with van der Waals surface area (Å²) in [7, 11) is 0. The van der Waals surface area contributed by atoms with Gasteiger partial charge in [-0.1, -0.05) is 37.8 Å². The molecule has 0 fully saturated rings. The van der Waals surface area contributed by atoms with Gasteiger partial charge < -0.3 is 9.47 Å². The van der Waals surface area contributed by atoms with Crippen molar-refractivity contribution in [2.24, 2.45) is 0 Å². The molecule has 0 radical (unpaired) electrons. The minimum atomic E-state index is 0.671. The fourth-order valence-electron chi connectivity index (χ4n) is 5.41. The maximum atomic E-state index is 6.31. The second kappa shape index (κ2) is 14.2. The van der Waals surface area contributed by atoms with Crippen LogP contribution in [0.2, 0.25) is 0 Å². The zero-order chi connectivity index (χ0) is 25.0. The van der Waals surface area contributed by atoms with Crippen LogP contribution in [0.15, 0.2) is 37.4 Å². The van der Waals surface area contributed by atoms with Crippen LogP contribution >= 0.6 is 0 Å². The summed E-state index contributed by atoms with van der Waals surface area (Å²) in [5.41, 5.74) is 7.25. The zero-order valence-corrected chi connectivity index (χ0v) is 22.2. The molecule has 0 spiro atoms. The molecule has 0 N–H and O–H groups in total. The molecule has 2 heterocycles. The highest BCUT2D eigenvalue weighted by Crippen LogP contribution is 2.35. The topological polar surface area (TPSA) is 44.2 Å². The van der Waals surface area contributed by atoms with E-state index in [1.807, 2.05) is 12.2 Å². The Hall–Kier alpha value is -2.62. The molecule has 0 bridgehead atoms. The van der Waals surface area contributed by atoms with Crippen LogP contribution in [0.4, 0.5) is 0 Å². The number of rotatable bonds is 11. The minimum Gasteiger partial charge on any atom is -0.477 e. The average molecular weight is 489 g/mol. The molecular weight excluding hydrogens is 444 g/mol. The van der Waals surface area contributed by atoms with Gasteiger partial charge in [-0.05, 0) is 100 Å². The van der Waals surface area contributed by atoms with Crippen molar-refractivity contribution in [3.63, 3.8) is 0 Å². The molecule has 194 valence electrons. The first-order chi connectivity index (χ1) is 17.8. The first kappa shape index (κ1) is 26.4. The highest BCUT2D eigenvalue weighted by molar-refractivity contribution is 5.61. The molecule has 0 amide bonds. The highest BCUT2D eigenvalue weighted by atomic mass is 16.5. The molecule has 0 aromatic carbocycles. The van der Waals surface area contributed by atoms with Crippen LogP contribution in [0, 0.1) is 0 Å². The van der Waals surface area contributed by atoms with Gasteiger partial charge in [-0.3, -0.25) is 0 Å². The van der Waals surface area contributed by atoms with Crippen LogP contribution in [0.5, 0.6) is 11.8 Å². The zero-order valence-electron chi connectivity index (χ0n) is 22.2. The third kappa shape index (κ3) is 7.21. The standard InChI is InChI=1S/C32H44N2O2/c1-3-5-15-21-35-31-27-19-13-9-7-11-17-25(27)23-29(33-31)30-24-26-18-12-8-10-14-20-28(26)32(34-30)36-22-16-6-4-2/h3-4,23-24H,1-2,5-22H2. The van der Waals surface area contributed by atoms with Crippen LogP contribution < -0.4 is 9.47 Å². The average Bonchev–Trinajstić information content (AvgIpc) is 2.85. The monoisotopic (exact) mass is 488 g/mol. The molecule has 2 aliphatic carbocycles. The Bertz CT molecular complexity index is 932. The van der Waals surface area contributed by atoms with Gasteiger partial charge in [-0.2, -0.15) is 0 Å². The first-order valence-corrected chi connectivity index (χ1v) is 14.3. The Morgan fingerprint density at radius 1 is 0.611 bits per heavy atom. The van der Waals surface area contributed by atoms with Gasteiger partial charge in [0.05, 0.1) is 24.6 Å². The number of allylic oxidation sites excluding steroid dienone is 2. The predicted molar refractivity (Wildman–Crippen MR) is 149 cm³/mol. The number of fused-ring (bicyclic) bond motifs is 2. The number of hydrogen-bond donors (Lipinski definition) is 0. The maximum absolute atomic E-state index is 6.31. The minimum absolute atomic E-state index is 0.671. The molecule has 36 heavy (non-hydrogen) atoms. The number of ether oxygens (including phenoxy) is 2. The lowest BCUT2D eigenvalue weighted by molar-refractivity contribution is 0.294. The van der Waals surface area contributed by atoms with Crippen molar-refractivity contribution >= 4 is 0 Å². The lowest BCUT2D eigenvalue weighted by atomic mass is 9.92. The third-order valence-corrected chi connectivity index (χ3v) is 7.45. The van der Waals surface area contributed by atoms with Crippen molar-refractivity contribution in [2.45, 2.75) is 103 Å². The first-order valence-electron chi connectivity index (χ1n) is 14.3. The number of pyridine rings is 2. The van der Waals surface area contributed by atoms with Crippen LogP contribution in [-0.4, -0.2) is 23.2 Å². The van der Waals surface area contributed by atoms with E-state index in [9.17, 15) is 0 Å². The molecule has 0 saturated heterocycles.